The fourth-order valence-corrected chi connectivity index (χ4v) is 5.47. The van der Waals surface area contributed by atoms with Crippen LogP contribution >= 0.6 is 0 Å². The lowest BCUT2D eigenvalue weighted by Crippen LogP contribution is -2.13. The Morgan fingerprint density at radius 1 is 1.12 bits per heavy atom. The molecule has 0 saturated carbocycles. The van der Waals surface area contributed by atoms with Crippen LogP contribution in [-0.4, -0.2) is 17.5 Å². The smallest absolute Gasteiger partial charge is 0.268 e. The molecule has 0 spiro atoms. The topological polar surface area (TPSA) is 59.3 Å². The normalized spacial score (nSPS) is 15.3. The molecule has 1 aliphatic carbocycles. The summed E-state index contributed by atoms with van der Waals surface area (Å²) in [6.45, 7) is 2.06. The van der Waals surface area contributed by atoms with Gasteiger partial charge in [0.2, 0.25) is 0 Å². The first kappa shape index (κ1) is 17.3. The molecule has 0 bridgehead atoms. The van der Waals surface area contributed by atoms with E-state index < -0.39 is 16.1 Å². The third kappa shape index (κ3) is 2.66. The summed E-state index contributed by atoms with van der Waals surface area (Å²) in [4.78, 5) is 0.291. The van der Waals surface area contributed by atoms with Crippen LogP contribution in [0.2, 0.25) is 0 Å². The zero-order valence-electron chi connectivity index (χ0n) is 14.9. The van der Waals surface area contributed by atoms with Crippen LogP contribution in [-0.2, 0) is 22.9 Å². The summed E-state index contributed by atoms with van der Waals surface area (Å²) in [5.74, 6) is 0. The molecule has 3 aromatic rings. The van der Waals surface area contributed by atoms with Gasteiger partial charge in [-0.3, -0.25) is 0 Å². The molecule has 26 heavy (non-hydrogen) atoms. The van der Waals surface area contributed by atoms with Crippen LogP contribution in [0.1, 0.15) is 49.0 Å². The number of aromatic nitrogens is 1. The van der Waals surface area contributed by atoms with Crippen molar-refractivity contribution in [1.29, 1.82) is 0 Å². The number of aliphatic hydroxyl groups is 1. The van der Waals surface area contributed by atoms with Gasteiger partial charge in [0.25, 0.3) is 10.0 Å². The Hall–Kier alpha value is -2.11. The van der Waals surface area contributed by atoms with Crippen LogP contribution in [0.3, 0.4) is 0 Å². The second-order valence-corrected chi connectivity index (χ2v) is 8.76. The highest BCUT2D eigenvalue weighted by molar-refractivity contribution is 7.90. The number of hydrogen-bond donors (Lipinski definition) is 1. The van der Waals surface area contributed by atoms with Gasteiger partial charge in [-0.15, -0.1) is 0 Å². The Morgan fingerprint density at radius 3 is 2.58 bits per heavy atom. The summed E-state index contributed by atoms with van der Waals surface area (Å²) < 4.78 is 27.7. The van der Waals surface area contributed by atoms with E-state index in [1.54, 1.807) is 30.5 Å². The predicted octanol–water partition coefficient (Wildman–Crippen LogP) is 4.20. The maximum atomic E-state index is 13.1. The Balaban J connectivity index is 1.94. The number of aryl methyl sites for hydroxylation is 1. The number of hydrogen-bond acceptors (Lipinski definition) is 3. The van der Waals surface area contributed by atoms with Crippen molar-refractivity contribution in [2.24, 2.45) is 0 Å². The Labute approximate surface area is 154 Å². The van der Waals surface area contributed by atoms with Crippen LogP contribution in [0, 0.1) is 0 Å². The lowest BCUT2D eigenvalue weighted by Gasteiger charge is -2.17. The maximum absolute atomic E-state index is 13.1. The lowest BCUT2D eigenvalue weighted by atomic mass is 9.94. The first-order valence-corrected chi connectivity index (χ1v) is 10.6. The van der Waals surface area contributed by atoms with E-state index in [1.165, 1.54) is 3.97 Å². The third-order valence-electron chi connectivity index (χ3n) is 5.27. The highest BCUT2D eigenvalue weighted by atomic mass is 32.2. The maximum Gasteiger partial charge on any atom is 0.268 e. The van der Waals surface area contributed by atoms with Gasteiger partial charge in [0, 0.05) is 11.6 Å². The molecular weight excluding hydrogens is 346 g/mol. The van der Waals surface area contributed by atoms with Crippen LogP contribution in [0.25, 0.3) is 10.9 Å². The van der Waals surface area contributed by atoms with Gasteiger partial charge in [0.05, 0.1) is 16.5 Å². The molecule has 0 aliphatic heterocycles. The minimum absolute atomic E-state index is 0.291. The molecule has 136 valence electrons. The average molecular weight is 369 g/mol. The quantitative estimate of drug-likeness (QED) is 0.733. The summed E-state index contributed by atoms with van der Waals surface area (Å²) in [5, 5.41) is 11.4. The Bertz CT molecular complexity index is 1050. The summed E-state index contributed by atoms with van der Waals surface area (Å²) in [7, 11) is -3.63. The van der Waals surface area contributed by atoms with Crippen molar-refractivity contribution < 1.29 is 13.5 Å². The van der Waals surface area contributed by atoms with Crippen molar-refractivity contribution in [2.75, 3.05) is 0 Å². The van der Waals surface area contributed by atoms with E-state index in [0.717, 1.165) is 59.7 Å². The number of fused-ring (bicyclic) bond motifs is 3. The number of benzene rings is 2. The lowest BCUT2D eigenvalue weighted by molar-refractivity contribution is 0.165. The molecule has 1 N–H and O–H groups in total. The van der Waals surface area contributed by atoms with E-state index in [9.17, 15) is 13.5 Å². The van der Waals surface area contributed by atoms with Crippen molar-refractivity contribution in [1.82, 2.24) is 3.97 Å². The van der Waals surface area contributed by atoms with Crippen molar-refractivity contribution >= 4 is 20.9 Å². The molecule has 4 rings (SSSR count). The molecule has 0 fully saturated rings. The summed E-state index contributed by atoms with van der Waals surface area (Å²) >= 11 is 0. The number of aliphatic hydroxyl groups excluding tert-OH is 1. The van der Waals surface area contributed by atoms with Crippen molar-refractivity contribution in [3.8, 4) is 0 Å². The highest BCUT2D eigenvalue weighted by Crippen LogP contribution is 2.38. The fourth-order valence-electron chi connectivity index (χ4n) is 4.06. The molecule has 2 aromatic carbocycles. The SMILES string of the molecule is CCCC(O)c1cc2ccn(S(=O)(=O)c3ccccc3)c2c2c1CCC2. The Morgan fingerprint density at radius 2 is 1.85 bits per heavy atom. The minimum Gasteiger partial charge on any atom is -0.388 e. The van der Waals surface area contributed by atoms with Crippen LogP contribution in [0.4, 0.5) is 0 Å². The molecular formula is C21H23NO3S. The van der Waals surface area contributed by atoms with E-state index in [1.807, 2.05) is 18.2 Å². The molecule has 5 heteroatoms. The molecule has 4 nitrogen and oxygen atoms in total. The molecule has 1 atom stereocenters. The monoisotopic (exact) mass is 369 g/mol. The molecule has 1 aliphatic rings. The van der Waals surface area contributed by atoms with E-state index in [0.29, 0.717) is 4.90 Å². The van der Waals surface area contributed by atoms with E-state index in [4.69, 9.17) is 0 Å². The largest absolute Gasteiger partial charge is 0.388 e. The number of nitrogens with zero attached hydrogens (tertiary/aromatic N) is 1. The standard InChI is InChI=1S/C21H23NO3S/c1-2-7-20(23)19-14-15-12-13-22(21(15)18-11-6-10-17(18)19)26(24,25)16-8-4-3-5-9-16/h3-5,8-9,12-14,20,23H,2,6-7,10-11H2,1H3. The molecule has 0 saturated heterocycles. The zero-order valence-corrected chi connectivity index (χ0v) is 15.7. The first-order valence-electron chi connectivity index (χ1n) is 9.18. The zero-order chi connectivity index (χ0) is 18.3. The molecule has 1 heterocycles. The second kappa shape index (κ2) is 6.56. The summed E-state index contributed by atoms with van der Waals surface area (Å²) in [5.41, 5.74) is 3.97. The average Bonchev–Trinajstić information content (AvgIpc) is 3.28. The summed E-state index contributed by atoms with van der Waals surface area (Å²) in [6.07, 6.45) is 5.55. The minimum atomic E-state index is -3.63. The summed E-state index contributed by atoms with van der Waals surface area (Å²) in [6, 6.07) is 12.4. The predicted molar refractivity (Wildman–Crippen MR) is 103 cm³/mol. The number of rotatable bonds is 5. The van der Waals surface area contributed by atoms with E-state index in [2.05, 4.69) is 6.92 Å². The van der Waals surface area contributed by atoms with Crippen LogP contribution in [0.15, 0.2) is 53.6 Å². The van der Waals surface area contributed by atoms with E-state index >= 15 is 0 Å². The van der Waals surface area contributed by atoms with Gasteiger partial charge in [-0.05, 0) is 66.6 Å². The van der Waals surface area contributed by atoms with Gasteiger partial charge in [-0.2, -0.15) is 0 Å². The van der Waals surface area contributed by atoms with E-state index in [-0.39, 0.29) is 0 Å². The van der Waals surface area contributed by atoms with Crippen molar-refractivity contribution in [2.45, 2.75) is 50.0 Å². The highest BCUT2D eigenvalue weighted by Gasteiger charge is 2.27. The molecule has 1 unspecified atom stereocenters. The second-order valence-electron chi connectivity index (χ2n) is 6.95. The molecule has 1 aromatic heterocycles. The van der Waals surface area contributed by atoms with Crippen LogP contribution < -0.4 is 0 Å². The molecule has 0 amide bonds. The van der Waals surface area contributed by atoms with Gasteiger partial charge >= 0.3 is 0 Å². The van der Waals surface area contributed by atoms with Crippen molar-refractivity contribution in [3.63, 3.8) is 0 Å². The van der Waals surface area contributed by atoms with Gasteiger partial charge in [-0.25, -0.2) is 12.4 Å². The first-order chi connectivity index (χ1) is 12.5. The molecule has 0 radical (unpaired) electrons. The third-order valence-corrected chi connectivity index (χ3v) is 6.96. The van der Waals surface area contributed by atoms with Crippen LogP contribution in [0.5, 0.6) is 0 Å². The van der Waals surface area contributed by atoms with Gasteiger partial charge in [0.1, 0.15) is 0 Å². The van der Waals surface area contributed by atoms with Gasteiger partial charge in [-0.1, -0.05) is 31.5 Å². The van der Waals surface area contributed by atoms with Gasteiger partial charge < -0.3 is 5.11 Å². The Kier molecular flexibility index (Phi) is 4.37. The van der Waals surface area contributed by atoms with Gasteiger partial charge in [0.15, 0.2) is 0 Å². The van der Waals surface area contributed by atoms with Crippen molar-refractivity contribution in [3.05, 3.63) is 65.4 Å². The fraction of sp³-hybridized carbons (Fsp3) is 0.333.